The molecule has 0 radical (unpaired) electrons. The van der Waals surface area contributed by atoms with Crippen molar-refractivity contribution >= 4 is 49.8 Å². The third-order valence-electron chi connectivity index (χ3n) is 11.3. The monoisotopic (exact) mass is 651 g/mol. The lowest BCUT2D eigenvalue weighted by Gasteiger charge is -2.29. The second-order valence-electron chi connectivity index (χ2n) is 14.5. The van der Waals surface area contributed by atoms with E-state index in [1.165, 1.54) is 88.6 Å². The molecular formula is C50H37N. The first-order valence-electron chi connectivity index (χ1n) is 18.0. The minimum atomic E-state index is -0.0785. The molecule has 10 rings (SSSR count). The molecule has 0 amide bonds. The molecule has 51 heavy (non-hydrogen) atoms. The summed E-state index contributed by atoms with van der Waals surface area (Å²) in [6.45, 7) is 4.72. The van der Waals surface area contributed by atoms with Gasteiger partial charge in [-0.3, -0.25) is 0 Å². The van der Waals surface area contributed by atoms with Crippen LogP contribution in [0.3, 0.4) is 0 Å². The lowest BCUT2D eigenvalue weighted by atomic mass is 9.82. The fourth-order valence-corrected chi connectivity index (χ4v) is 8.92. The summed E-state index contributed by atoms with van der Waals surface area (Å²) < 4.78 is 0. The smallest absolute Gasteiger partial charge is 0.0540 e. The summed E-state index contributed by atoms with van der Waals surface area (Å²) in [4.78, 5) is 2.45. The first kappa shape index (κ1) is 29.7. The van der Waals surface area contributed by atoms with Gasteiger partial charge in [0.05, 0.1) is 5.69 Å². The molecule has 0 saturated carbocycles. The van der Waals surface area contributed by atoms with Crippen molar-refractivity contribution in [3.8, 4) is 11.1 Å². The molecule has 242 valence electrons. The first-order valence-corrected chi connectivity index (χ1v) is 18.0. The number of nitrogens with zero attached hydrogens (tertiary/aromatic N) is 1. The molecule has 0 atom stereocenters. The van der Waals surface area contributed by atoms with Gasteiger partial charge >= 0.3 is 0 Å². The number of anilines is 3. The van der Waals surface area contributed by atoms with E-state index in [1.807, 2.05) is 0 Å². The molecule has 2 aliphatic carbocycles. The van der Waals surface area contributed by atoms with E-state index in [-0.39, 0.29) is 5.41 Å². The van der Waals surface area contributed by atoms with E-state index in [4.69, 9.17) is 0 Å². The van der Waals surface area contributed by atoms with Gasteiger partial charge in [-0.05, 0) is 109 Å². The summed E-state index contributed by atoms with van der Waals surface area (Å²) in [5.41, 5.74) is 17.0. The highest BCUT2D eigenvalue weighted by molar-refractivity contribution is 6.16. The Morgan fingerprint density at radius 2 is 1.04 bits per heavy atom. The fourth-order valence-electron chi connectivity index (χ4n) is 8.92. The molecule has 1 nitrogen and oxygen atoms in total. The van der Waals surface area contributed by atoms with Gasteiger partial charge in [0.15, 0.2) is 0 Å². The van der Waals surface area contributed by atoms with Crippen molar-refractivity contribution < 1.29 is 0 Å². The van der Waals surface area contributed by atoms with Crippen molar-refractivity contribution in [1.82, 2.24) is 0 Å². The van der Waals surface area contributed by atoms with Crippen LogP contribution < -0.4 is 4.90 Å². The topological polar surface area (TPSA) is 3.24 Å². The number of allylic oxidation sites excluding steroid dienone is 1. The Morgan fingerprint density at radius 3 is 1.82 bits per heavy atom. The molecule has 0 fully saturated rings. The SMILES string of the molecule is CC1(C)c2ccccc2-c2ccc(N(c3ccccc3)c3cccc4c3ccc3c5c(ccc34)C(c3ccccc3)=C(c3ccccc3)C5)cc21. The maximum absolute atomic E-state index is 2.45. The van der Waals surface area contributed by atoms with Gasteiger partial charge in [0.25, 0.3) is 0 Å². The van der Waals surface area contributed by atoms with Crippen molar-refractivity contribution in [2.24, 2.45) is 0 Å². The molecule has 2 aliphatic rings. The largest absolute Gasteiger partial charge is 0.310 e. The van der Waals surface area contributed by atoms with E-state index in [1.54, 1.807) is 0 Å². The molecular weight excluding hydrogens is 615 g/mol. The number of para-hydroxylation sites is 1. The van der Waals surface area contributed by atoms with E-state index in [0.29, 0.717) is 0 Å². The fraction of sp³-hybridized carbons (Fsp3) is 0.0800. The molecule has 1 heteroatoms. The van der Waals surface area contributed by atoms with E-state index in [9.17, 15) is 0 Å². The molecule has 0 bridgehead atoms. The molecule has 0 heterocycles. The van der Waals surface area contributed by atoms with Crippen LogP contribution >= 0.6 is 0 Å². The van der Waals surface area contributed by atoms with Crippen LogP contribution in [-0.2, 0) is 11.8 Å². The normalized spacial score (nSPS) is 14.1. The zero-order chi connectivity index (χ0) is 34.1. The predicted molar refractivity (Wildman–Crippen MR) is 216 cm³/mol. The number of fused-ring (bicyclic) bond motifs is 8. The highest BCUT2D eigenvalue weighted by Crippen LogP contribution is 2.52. The molecule has 0 saturated heterocycles. The van der Waals surface area contributed by atoms with Crippen LogP contribution in [-0.4, -0.2) is 0 Å². The average Bonchev–Trinajstić information content (AvgIpc) is 3.69. The van der Waals surface area contributed by atoms with Crippen molar-refractivity contribution in [2.75, 3.05) is 4.90 Å². The third kappa shape index (κ3) is 4.55. The zero-order valence-corrected chi connectivity index (χ0v) is 28.9. The Hall–Kier alpha value is -6.18. The van der Waals surface area contributed by atoms with Crippen molar-refractivity contribution in [2.45, 2.75) is 25.7 Å². The Balaban J connectivity index is 1.15. The summed E-state index contributed by atoms with van der Waals surface area (Å²) in [6.07, 6.45) is 0.912. The molecule has 0 aliphatic heterocycles. The summed E-state index contributed by atoms with van der Waals surface area (Å²) in [5.74, 6) is 0. The summed E-state index contributed by atoms with van der Waals surface area (Å²) in [7, 11) is 0. The minimum Gasteiger partial charge on any atom is -0.310 e. The lowest BCUT2D eigenvalue weighted by molar-refractivity contribution is 0.660. The van der Waals surface area contributed by atoms with Crippen LogP contribution in [0.15, 0.2) is 176 Å². The molecule has 0 spiro atoms. The lowest BCUT2D eigenvalue weighted by Crippen LogP contribution is -2.16. The molecule has 0 unspecified atom stereocenters. The van der Waals surface area contributed by atoms with Crippen molar-refractivity contribution in [1.29, 1.82) is 0 Å². The number of hydrogen-bond donors (Lipinski definition) is 0. The Morgan fingerprint density at radius 1 is 0.431 bits per heavy atom. The second kappa shape index (κ2) is 11.4. The van der Waals surface area contributed by atoms with E-state index >= 15 is 0 Å². The van der Waals surface area contributed by atoms with Crippen LogP contribution in [0.1, 0.15) is 47.2 Å². The molecule has 0 aromatic heterocycles. The maximum atomic E-state index is 2.45. The highest BCUT2D eigenvalue weighted by Gasteiger charge is 2.36. The third-order valence-corrected chi connectivity index (χ3v) is 11.3. The van der Waals surface area contributed by atoms with Gasteiger partial charge < -0.3 is 4.90 Å². The molecule has 0 N–H and O–H groups in total. The average molecular weight is 652 g/mol. The standard InChI is InChI=1S/C50H37N/c1-50(2)46-23-13-12-21-40(46)41-26-25-36(31-47(41)50)51(35-19-10-5-11-20-35)48-24-14-22-37-38-28-30-43-45(39(38)27-29-42(37)48)32-44(33-15-6-3-7-16-33)49(43)34-17-8-4-9-18-34/h3-31H,32H2,1-2H3. The summed E-state index contributed by atoms with van der Waals surface area (Å²) in [6, 6.07) is 64.9. The minimum absolute atomic E-state index is 0.0785. The van der Waals surface area contributed by atoms with Crippen LogP contribution in [0.5, 0.6) is 0 Å². The Kier molecular flexibility index (Phi) is 6.66. The van der Waals surface area contributed by atoms with Crippen LogP contribution in [0.25, 0.3) is 43.8 Å². The summed E-state index contributed by atoms with van der Waals surface area (Å²) in [5, 5.41) is 5.15. The van der Waals surface area contributed by atoms with Gasteiger partial charge in [0.2, 0.25) is 0 Å². The maximum Gasteiger partial charge on any atom is 0.0540 e. The van der Waals surface area contributed by atoms with Gasteiger partial charge in [-0.2, -0.15) is 0 Å². The predicted octanol–water partition coefficient (Wildman–Crippen LogP) is 13.3. The van der Waals surface area contributed by atoms with Crippen molar-refractivity contribution in [3.63, 3.8) is 0 Å². The Labute approximate surface area is 299 Å². The molecule has 8 aromatic carbocycles. The van der Waals surface area contributed by atoms with Crippen LogP contribution in [0.4, 0.5) is 17.1 Å². The van der Waals surface area contributed by atoms with E-state index < -0.39 is 0 Å². The number of benzene rings is 8. The van der Waals surface area contributed by atoms with E-state index in [2.05, 4.69) is 195 Å². The number of hydrogen-bond acceptors (Lipinski definition) is 1. The van der Waals surface area contributed by atoms with Gasteiger partial charge in [0.1, 0.15) is 0 Å². The van der Waals surface area contributed by atoms with Gasteiger partial charge in [0, 0.05) is 22.2 Å². The van der Waals surface area contributed by atoms with E-state index in [0.717, 1.165) is 12.1 Å². The van der Waals surface area contributed by atoms with Gasteiger partial charge in [-0.1, -0.05) is 159 Å². The Bertz CT molecular complexity index is 2670. The molecule has 8 aromatic rings. The first-order chi connectivity index (χ1) is 25.1. The van der Waals surface area contributed by atoms with Gasteiger partial charge in [-0.25, -0.2) is 0 Å². The summed E-state index contributed by atoms with van der Waals surface area (Å²) >= 11 is 0. The second-order valence-corrected chi connectivity index (χ2v) is 14.5. The van der Waals surface area contributed by atoms with Gasteiger partial charge in [-0.15, -0.1) is 0 Å². The quantitative estimate of drug-likeness (QED) is 0.167. The zero-order valence-electron chi connectivity index (χ0n) is 28.9. The number of rotatable bonds is 5. The van der Waals surface area contributed by atoms with Crippen LogP contribution in [0, 0.1) is 0 Å². The van der Waals surface area contributed by atoms with Crippen LogP contribution in [0.2, 0.25) is 0 Å². The highest BCUT2D eigenvalue weighted by atomic mass is 15.1. The van der Waals surface area contributed by atoms with Crippen molar-refractivity contribution in [3.05, 3.63) is 209 Å².